The summed E-state index contributed by atoms with van der Waals surface area (Å²) < 4.78 is 12.5. The lowest BCUT2D eigenvalue weighted by molar-refractivity contribution is 0.0930. The Kier molecular flexibility index (Phi) is 7.14. The van der Waals surface area contributed by atoms with Gasteiger partial charge in [-0.3, -0.25) is 14.4 Å². The Hall–Kier alpha value is -2.54. The summed E-state index contributed by atoms with van der Waals surface area (Å²) in [5, 5.41) is 7.63. The molecule has 1 saturated heterocycles. The van der Waals surface area contributed by atoms with Crippen LogP contribution in [0.2, 0.25) is 0 Å². The van der Waals surface area contributed by atoms with Gasteiger partial charge in [-0.25, -0.2) is 0 Å². The summed E-state index contributed by atoms with van der Waals surface area (Å²) in [4.78, 5) is 15.1. The quantitative estimate of drug-likeness (QED) is 0.738. The molecule has 2 heterocycles. The van der Waals surface area contributed by atoms with Crippen molar-refractivity contribution in [2.45, 2.75) is 39.8 Å². The van der Waals surface area contributed by atoms with Crippen LogP contribution in [0.4, 0.5) is 0 Å². The fraction of sp³-hybridized carbons (Fsp3) is 0.545. The summed E-state index contributed by atoms with van der Waals surface area (Å²) in [6, 6.07) is 5.23. The molecule has 7 nitrogen and oxygen atoms in total. The Morgan fingerprint density at radius 2 is 1.97 bits per heavy atom. The Balaban J connectivity index is 1.55. The molecule has 1 aliphatic heterocycles. The minimum Gasteiger partial charge on any atom is -0.497 e. The Bertz CT molecular complexity index is 811. The van der Waals surface area contributed by atoms with Crippen molar-refractivity contribution in [1.29, 1.82) is 0 Å². The number of likely N-dealkylation sites (tertiary alicyclic amines) is 1. The summed E-state index contributed by atoms with van der Waals surface area (Å²) in [7, 11) is 3.16. The van der Waals surface area contributed by atoms with Crippen LogP contribution < -0.4 is 14.8 Å². The summed E-state index contributed by atoms with van der Waals surface area (Å²) in [6.07, 6.45) is 4.43. The maximum Gasteiger partial charge on any atom is 0.251 e. The molecule has 0 bridgehead atoms. The number of methoxy groups -OCH3 is 2. The van der Waals surface area contributed by atoms with Crippen LogP contribution in [0.1, 0.15) is 41.4 Å². The molecule has 1 aromatic heterocycles. The molecule has 0 saturated carbocycles. The Labute approximate surface area is 173 Å². The zero-order chi connectivity index (χ0) is 20.8. The average molecular weight is 401 g/mol. The lowest BCUT2D eigenvalue weighted by Crippen LogP contribution is -2.40. The minimum atomic E-state index is -0.0978. The van der Waals surface area contributed by atoms with Crippen LogP contribution in [-0.2, 0) is 13.1 Å². The average Bonchev–Trinajstić information content (AvgIpc) is 3.11. The standard InChI is InChI=1S/C22H32N4O3/c1-5-26-15-19(16(2)24-26)14-25-8-6-7-17(13-25)12-23-22(27)18-9-20(28-3)11-21(10-18)29-4/h9-11,15,17H,5-8,12-14H2,1-4H3,(H,23,27). The van der Waals surface area contributed by atoms with E-state index in [1.54, 1.807) is 32.4 Å². The van der Waals surface area contributed by atoms with Crippen LogP contribution in [0.3, 0.4) is 0 Å². The van der Waals surface area contributed by atoms with E-state index >= 15 is 0 Å². The fourth-order valence-electron chi connectivity index (χ4n) is 3.86. The van der Waals surface area contributed by atoms with Gasteiger partial charge >= 0.3 is 0 Å². The van der Waals surface area contributed by atoms with Gasteiger partial charge in [0.15, 0.2) is 0 Å². The second-order valence-electron chi connectivity index (χ2n) is 7.65. The van der Waals surface area contributed by atoms with Gasteiger partial charge in [-0.05, 0) is 51.3 Å². The number of rotatable bonds is 8. The van der Waals surface area contributed by atoms with Crippen molar-refractivity contribution in [2.75, 3.05) is 33.9 Å². The first-order valence-electron chi connectivity index (χ1n) is 10.3. The molecule has 1 aromatic carbocycles. The van der Waals surface area contributed by atoms with Crippen LogP contribution in [0.25, 0.3) is 0 Å². The molecular weight excluding hydrogens is 368 g/mol. The van der Waals surface area contributed by atoms with Gasteiger partial charge in [-0.2, -0.15) is 5.10 Å². The lowest BCUT2D eigenvalue weighted by Gasteiger charge is -2.32. The van der Waals surface area contributed by atoms with Gasteiger partial charge in [0, 0.05) is 49.6 Å². The van der Waals surface area contributed by atoms with Crippen molar-refractivity contribution >= 4 is 5.91 Å². The van der Waals surface area contributed by atoms with Crippen molar-refractivity contribution in [3.8, 4) is 11.5 Å². The topological polar surface area (TPSA) is 68.6 Å². The van der Waals surface area contributed by atoms with Gasteiger partial charge in [0.2, 0.25) is 0 Å². The highest BCUT2D eigenvalue weighted by Crippen LogP contribution is 2.23. The molecule has 1 unspecified atom stereocenters. The van der Waals surface area contributed by atoms with Gasteiger partial charge in [-0.1, -0.05) is 0 Å². The fourth-order valence-corrected chi connectivity index (χ4v) is 3.86. The number of nitrogens with zero attached hydrogens (tertiary/aromatic N) is 3. The number of piperidine rings is 1. The van der Waals surface area contributed by atoms with E-state index in [1.165, 1.54) is 5.56 Å². The predicted octanol–water partition coefficient (Wildman–Crippen LogP) is 2.87. The number of benzene rings is 1. The van der Waals surface area contributed by atoms with E-state index in [1.807, 2.05) is 4.68 Å². The summed E-state index contributed by atoms with van der Waals surface area (Å²) >= 11 is 0. The minimum absolute atomic E-state index is 0.0978. The van der Waals surface area contributed by atoms with Gasteiger partial charge in [0.25, 0.3) is 5.91 Å². The molecule has 1 fully saturated rings. The first-order valence-corrected chi connectivity index (χ1v) is 10.3. The van der Waals surface area contributed by atoms with E-state index in [-0.39, 0.29) is 5.91 Å². The predicted molar refractivity (Wildman–Crippen MR) is 113 cm³/mol. The number of amides is 1. The number of aromatic nitrogens is 2. The summed E-state index contributed by atoms with van der Waals surface area (Å²) in [6.45, 7) is 8.74. The molecule has 29 heavy (non-hydrogen) atoms. The molecule has 1 aliphatic rings. The number of hydrogen-bond donors (Lipinski definition) is 1. The number of nitrogens with one attached hydrogen (secondary N) is 1. The van der Waals surface area contributed by atoms with E-state index in [4.69, 9.17) is 9.47 Å². The maximum absolute atomic E-state index is 12.6. The Morgan fingerprint density at radius 3 is 2.59 bits per heavy atom. The van der Waals surface area contributed by atoms with E-state index in [2.05, 4.69) is 35.4 Å². The third-order valence-corrected chi connectivity index (χ3v) is 5.53. The van der Waals surface area contributed by atoms with Crippen molar-refractivity contribution in [2.24, 2.45) is 5.92 Å². The third-order valence-electron chi connectivity index (χ3n) is 5.53. The molecule has 1 N–H and O–H groups in total. The van der Waals surface area contributed by atoms with Crippen LogP contribution in [0.5, 0.6) is 11.5 Å². The zero-order valence-corrected chi connectivity index (χ0v) is 17.9. The van der Waals surface area contributed by atoms with E-state index < -0.39 is 0 Å². The third kappa shape index (κ3) is 5.50. The van der Waals surface area contributed by atoms with Crippen LogP contribution in [0.15, 0.2) is 24.4 Å². The van der Waals surface area contributed by atoms with Crippen molar-refractivity contribution in [3.05, 3.63) is 41.2 Å². The molecule has 7 heteroatoms. The second-order valence-corrected chi connectivity index (χ2v) is 7.65. The van der Waals surface area contributed by atoms with Crippen molar-refractivity contribution in [1.82, 2.24) is 20.0 Å². The zero-order valence-electron chi connectivity index (χ0n) is 17.9. The molecule has 2 aromatic rings. The highest BCUT2D eigenvalue weighted by Gasteiger charge is 2.22. The molecule has 1 atom stereocenters. The SMILES string of the molecule is CCn1cc(CN2CCCC(CNC(=O)c3cc(OC)cc(OC)c3)C2)c(C)n1. The number of carbonyl (C=O) groups is 1. The van der Waals surface area contributed by atoms with Crippen LogP contribution in [-0.4, -0.2) is 54.4 Å². The van der Waals surface area contributed by atoms with E-state index in [0.717, 1.165) is 44.7 Å². The monoisotopic (exact) mass is 400 g/mol. The first-order chi connectivity index (χ1) is 14.0. The number of hydrogen-bond acceptors (Lipinski definition) is 5. The molecule has 1 amide bonds. The lowest BCUT2D eigenvalue weighted by atomic mass is 9.97. The van der Waals surface area contributed by atoms with Gasteiger partial charge < -0.3 is 14.8 Å². The largest absolute Gasteiger partial charge is 0.497 e. The van der Waals surface area contributed by atoms with Gasteiger partial charge in [-0.15, -0.1) is 0 Å². The first kappa shape index (κ1) is 21.2. The molecule has 0 aliphatic carbocycles. The number of carbonyl (C=O) groups excluding carboxylic acids is 1. The van der Waals surface area contributed by atoms with Gasteiger partial charge in [0.1, 0.15) is 11.5 Å². The number of ether oxygens (including phenoxy) is 2. The summed E-state index contributed by atoms with van der Waals surface area (Å²) in [5.41, 5.74) is 2.95. The van der Waals surface area contributed by atoms with E-state index in [0.29, 0.717) is 29.5 Å². The van der Waals surface area contributed by atoms with E-state index in [9.17, 15) is 4.79 Å². The number of aryl methyl sites for hydroxylation is 2. The van der Waals surface area contributed by atoms with Crippen LogP contribution in [0, 0.1) is 12.8 Å². The van der Waals surface area contributed by atoms with Crippen molar-refractivity contribution in [3.63, 3.8) is 0 Å². The van der Waals surface area contributed by atoms with Gasteiger partial charge in [0.05, 0.1) is 19.9 Å². The molecular formula is C22H32N4O3. The van der Waals surface area contributed by atoms with Crippen LogP contribution >= 0.6 is 0 Å². The summed E-state index contributed by atoms with van der Waals surface area (Å²) in [5.74, 6) is 1.57. The molecule has 158 valence electrons. The maximum atomic E-state index is 12.6. The molecule has 3 rings (SSSR count). The smallest absolute Gasteiger partial charge is 0.251 e. The highest BCUT2D eigenvalue weighted by molar-refractivity contribution is 5.95. The normalized spacial score (nSPS) is 17.2. The van der Waals surface area contributed by atoms with Crippen molar-refractivity contribution < 1.29 is 14.3 Å². The molecule has 0 spiro atoms. The highest BCUT2D eigenvalue weighted by atomic mass is 16.5. The molecule has 0 radical (unpaired) electrons. The Morgan fingerprint density at radius 1 is 1.24 bits per heavy atom. The second kappa shape index (κ2) is 9.78.